The second kappa shape index (κ2) is 5.97. The molecule has 1 amide bonds. The summed E-state index contributed by atoms with van der Waals surface area (Å²) in [6.07, 6.45) is 0.753. The quantitative estimate of drug-likeness (QED) is 0.863. The smallest absolute Gasteiger partial charge is 0.254 e. The lowest BCUT2D eigenvalue weighted by molar-refractivity contribution is 0.0779. The van der Waals surface area contributed by atoms with Gasteiger partial charge in [-0.1, -0.05) is 23.7 Å². The van der Waals surface area contributed by atoms with Crippen molar-refractivity contribution in [1.29, 1.82) is 0 Å². The number of likely N-dealkylation sites (N-methyl/N-ethyl adjacent to an activating group) is 1. The molecular formula is C17H15ClFNO2. The Bertz CT molecular complexity index is 733. The highest BCUT2D eigenvalue weighted by Crippen LogP contribution is 2.28. The molecule has 0 saturated heterocycles. The molecule has 1 aliphatic heterocycles. The standard InChI is InChI=1S/C17H15ClFNO2/c1-20-8-7-12-13(17(20)21)3-2-4-16(12)22-10-11-5-6-14(18)15(19)9-11/h2-6,9H,7-8,10H2,1H3. The number of amides is 1. The van der Waals surface area contributed by atoms with Crippen LogP contribution in [0.25, 0.3) is 0 Å². The number of nitrogens with zero attached hydrogens (tertiary/aromatic N) is 1. The summed E-state index contributed by atoms with van der Waals surface area (Å²) in [4.78, 5) is 13.8. The van der Waals surface area contributed by atoms with E-state index in [1.807, 2.05) is 12.1 Å². The van der Waals surface area contributed by atoms with Gasteiger partial charge in [0.2, 0.25) is 0 Å². The zero-order valence-electron chi connectivity index (χ0n) is 12.1. The Balaban J connectivity index is 1.81. The van der Waals surface area contributed by atoms with Crippen LogP contribution in [0.3, 0.4) is 0 Å². The van der Waals surface area contributed by atoms with Crippen molar-refractivity contribution in [3.63, 3.8) is 0 Å². The zero-order chi connectivity index (χ0) is 15.7. The van der Waals surface area contributed by atoms with Gasteiger partial charge >= 0.3 is 0 Å². The van der Waals surface area contributed by atoms with Crippen molar-refractivity contribution in [3.8, 4) is 5.75 Å². The fourth-order valence-corrected chi connectivity index (χ4v) is 2.65. The first-order chi connectivity index (χ1) is 10.6. The average Bonchev–Trinajstić information content (AvgIpc) is 2.52. The number of benzene rings is 2. The van der Waals surface area contributed by atoms with E-state index in [4.69, 9.17) is 16.3 Å². The molecule has 2 aromatic carbocycles. The van der Waals surface area contributed by atoms with E-state index in [2.05, 4.69) is 0 Å². The van der Waals surface area contributed by atoms with Crippen molar-refractivity contribution >= 4 is 17.5 Å². The van der Waals surface area contributed by atoms with Crippen molar-refractivity contribution in [3.05, 3.63) is 63.9 Å². The highest BCUT2D eigenvalue weighted by molar-refractivity contribution is 6.30. The van der Waals surface area contributed by atoms with Gasteiger partial charge in [0.25, 0.3) is 5.91 Å². The van der Waals surface area contributed by atoms with E-state index in [0.29, 0.717) is 23.4 Å². The zero-order valence-corrected chi connectivity index (χ0v) is 12.9. The molecule has 3 nitrogen and oxygen atoms in total. The summed E-state index contributed by atoms with van der Waals surface area (Å²) in [7, 11) is 1.79. The van der Waals surface area contributed by atoms with E-state index >= 15 is 0 Å². The molecule has 1 heterocycles. The molecule has 0 aliphatic carbocycles. The minimum Gasteiger partial charge on any atom is -0.489 e. The van der Waals surface area contributed by atoms with E-state index in [0.717, 1.165) is 12.0 Å². The minimum atomic E-state index is -0.463. The Kier molecular flexibility index (Phi) is 4.03. The predicted octanol–water partition coefficient (Wildman–Crippen LogP) is 3.69. The van der Waals surface area contributed by atoms with Crippen LogP contribution in [0.15, 0.2) is 36.4 Å². The SMILES string of the molecule is CN1CCc2c(OCc3ccc(Cl)c(F)c3)cccc2C1=O. The molecular weight excluding hydrogens is 305 g/mol. The fraction of sp³-hybridized carbons (Fsp3) is 0.235. The van der Waals surface area contributed by atoms with Gasteiger partial charge in [-0.05, 0) is 36.2 Å². The molecule has 0 radical (unpaired) electrons. The maximum atomic E-state index is 13.4. The van der Waals surface area contributed by atoms with E-state index in [1.54, 1.807) is 24.1 Å². The van der Waals surface area contributed by atoms with E-state index < -0.39 is 5.82 Å². The third kappa shape index (κ3) is 2.79. The highest BCUT2D eigenvalue weighted by Gasteiger charge is 2.23. The molecule has 0 bridgehead atoms. The molecule has 22 heavy (non-hydrogen) atoms. The molecule has 0 fully saturated rings. The molecule has 1 aliphatic rings. The number of carbonyl (C=O) groups is 1. The van der Waals surface area contributed by atoms with Crippen LogP contribution in [0.5, 0.6) is 5.75 Å². The molecule has 114 valence electrons. The van der Waals surface area contributed by atoms with Crippen LogP contribution in [0, 0.1) is 5.82 Å². The normalized spacial score (nSPS) is 14.0. The first-order valence-electron chi connectivity index (χ1n) is 7.00. The van der Waals surface area contributed by atoms with Crippen LogP contribution in [0.1, 0.15) is 21.5 Å². The van der Waals surface area contributed by atoms with Crippen molar-refractivity contribution < 1.29 is 13.9 Å². The van der Waals surface area contributed by atoms with E-state index in [9.17, 15) is 9.18 Å². The molecule has 0 saturated carbocycles. The monoisotopic (exact) mass is 319 g/mol. The van der Waals surface area contributed by atoms with Crippen LogP contribution in [0.4, 0.5) is 4.39 Å². The Morgan fingerprint density at radius 1 is 1.32 bits per heavy atom. The van der Waals surface area contributed by atoms with Crippen molar-refractivity contribution in [2.75, 3.05) is 13.6 Å². The van der Waals surface area contributed by atoms with Gasteiger partial charge in [-0.25, -0.2) is 4.39 Å². The van der Waals surface area contributed by atoms with Gasteiger partial charge in [0.1, 0.15) is 18.2 Å². The summed E-state index contributed by atoms with van der Waals surface area (Å²) in [5, 5.41) is 0.0921. The van der Waals surface area contributed by atoms with Crippen molar-refractivity contribution in [2.45, 2.75) is 13.0 Å². The van der Waals surface area contributed by atoms with Gasteiger partial charge in [0, 0.05) is 24.7 Å². The summed E-state index contributed by atoms with van der Waals surface area (Å²) in [5.41, 5.74) is 2.28. The number of rotatable bonds is 3. The van der Waals surface area contributed by atoms with Gasteiger partial charge < -0.3 is 9.64 Å². The van der Waals surface area contributed by atoms with Crippen LogP contribution in [-0.2, 0) is 13.0 Å². The van der Waals surface area contributed by atoms with Crippen molar-refractivity contribution in [1.82, 2.24) is 4.90 Å². The van der Waals surface area contributed by atoms with Gasteiger partial charge in [-0.2, -0.15) is 0 Å². The summed E-state index contributed by atoms with van der Waals surface area (Å²) in [5.74, 6) is 0.216. The van der Waals surface area contributed by atoms with Gasteiger partial charge in [0.05, 0.1) is 5.02 Å². The van der Waals surface area contributed by atoms with Gasteiger partial charge in [0.15, 0.2) is 0 Å². The summed E-state index contributed by atoms with van der Waals surface area (Å²) >= 11 is 5.66. The summed E-state index contributed by atoms with van der Waals surface area (Å²) < 4.78 is 19.2. The van der Waals surface area contributed by atoms with Crippen LogP contribution < -0.4 is 4.74 Å². The minimum absolute atomic E-state index is 0.00392. The number of ether oxygens (including phenoxy) is 1. The summed E-state index contributed by atoms with van der Waals surface area (Å²) in [6, 6.07) is 10.0. The number of carbonyl (C=O) groups excluding carboxylic acids is 1. The molecule has 5 heteroatoms. The third-order valence-electron chi connectivity index (χ3n) is 3.79. The second-order valence-electron chi connectivity index (χ2n) is 5.30. The van der Waals surface area contributed by atoms with Gasteiger partial charge in [-0.15, -0.1) is 0 Å². The lowest BCUT2D eigenvalue weighted by Crippen LogP contribution is -2.34. The van der Waals surface area contributed by atoms with Crippen molar-refractivity contribution in [2.24, 2.45) is 0 Å². The lowest BCUT2D eigenvalue weighted by atomic mass is 9.98. The predicted molar refractivity (Wildman–Crippen MR) is 82.8 cm³/mol. The Morgan fingerprint density at radius 2 is 2.14 bits per heavy atom. The maximum absolute atomic E-state index is 13.4. The first-order valence-corrected chi connectivity index (χ1v) is 7.38. The van der Waals surface area contributed by atoms with Gasteiger partial charge in [-0.3, -0.25) is 4.79 Å². The van der Waals surface area contributed by atoms with E-state index in [1.165, 1.54) is 12.1 Å². The second-order valence-corrected chi connectivity index (χ2v) is 5.70. The molecule has 0 unspecified atom stereocenters. The van der Waals surface area contributed by atoms with Crippen LogP contribution >= 0.6 is 11.6 Å². The molecule has 3 rings (SSSR count). The lowest BCUT2D eigenvalue weighted by Gasteiger charge is -2.26. The number of halogens is 2. The number of hydrogen-bond donors (Lipinski definition) is 0. The van der Waals surface area contributed by atoms with Crippen LogP contribution in [-0.4, -0.2) is 24.4 Å². The fourth-order valence-electron chi connectivity index (χ4n) is 2.54. The summed E-state index contributed by atoms with van der Waals surface area (Å²) in [6.45, 7) is 0.899. The Morgan fingerprint density at radius 3 is 2.91 bits per heavy atom. The third-order valence-corrected chi connectivity index (χ3v) is 4.09. The highest BCUT2D eigenvalue weighted by atomic mass is 35.5. The topological polar surface area (TPSA) is 29.5 Å². The largest absolute Gasteiger partial charge is 0.489 e. The number of fused-ring (bicyclic) bond motifs is 1. The molecule has 0 N–H and O–H groups in total. The van der Waals surface area contributed by atoms with E-state index in [-0.39, 0.29) is 17.5 Å². The average molecular weight is 320 g/mol. The molecule has 2 aromatic rings. The first kappa shape index (κ1) is 14.9. The number of hydrogen-bond acceptors (Lipinski definition) is 2. The molecule has 0 spiro atoms. The Hall–Kier alpha value is -2.07. The Labute approximate surface area is 133 Å². The maximum Gasteiger partial charge on any atom is 0.254 e. The molecule has 0 aromatic heterocycles. The molecule has 0 atom stereocenters. The van der Waals surface area contributed by atoms with Crippen LogP contribution in [0.2, 0.25) is 5.02 Å².